The summed E-state index contributed by atoms with van der Waals surface area (Å²) >= 11 is 1.65. The van der Waals surface area contributed by atoms with E-state index in [1.807, 2.05) is 79.7 Å². The highest BCUT2D eigenvalue weighted by Crippen LogP contribution is 2.23. The molecule has 0 spiro atoms. The fourth-order valence-corrected chi connectivity index (χ4v) is 4.60. The van der Waals surface area contributed by atoms with Crippen LogP contribution in [0.2, 0.25) is 0 Å². The molecule has 7 heteroatoms. The minimum Gasteiger partial charge on any atom is -0.334 e. The molecule has 33 heavy (non-hydrogen) atoms. The summed E-state index contributed by atoms with van der Waals surface area (Å²) in [5.74, 6) is 1.36. The van der Waals surface area contributed by atoms with Crippen LogP contribution in [0.4, 0.5) is 0 Å². The molecular weight excluding hydrogens is 430 g/mol. The zero-order valence-corrected chi connectivity index (χ0v) is 19.3. The molecule has 0 aliphatic rings. The quantitative estimate of drug-likeness (QED) is 0.350. The highest BCUT2D eigenvalue weighted by atomic mass is 32.2. The van der Waals surface area contributed by atoms with E-state index in [1.165, 1.54) is 0 Å². The van der Waals surface area contributed by atoms with Gasteiger partial charge in [0.1, 0.15) is 5.82 Å². The third-order valence-corrected chi connectivity index (χ3v) is 6.45. The van der Waals surface area contributed by atoms with E-state index in [0.717, 1.165) is 44.1 Å². The number of imidazole rings is 1. The summed E-state index contributed by atoms with van der Waals surface area (Å²) < 4.78 is 0. The molecule has 0 bridgehead atoms. The third kappa shape index (κ3) is 4.59. The number of para-hydroxylation sites is 3. The molecule has 3 aromatic carbocycles. The molecule has 0 aliphatic carbocycles. The Kier molecular flexibility index (Phi) is 5.79. The lowest BCUT2D eigenvalue weighted by Crippen LogP contribution is -2.27. The van der Waals surface area contributed by atoms with Gasteiger partial charge in [-0.05, 0) is 42.8 Å². The molecule has 6 nitrogen and oxygen atoms in total. The van der Waals surface area contributed by atoms with Crippen LogP contribution < -0.4 is 0 Å². The molecule has 2 aromatic heterocycles. The average molecular weight is 454 g/mol. The molecule has 0 saturated heterocycles. The van der Waals surface area contributed by atoms with Crippen molar-refractivity contribution in [2.24, 2.45) is 0 Å². The number of fused-ring (bicyclic) bond motifs is 2. The van der Waals surface area contributed by atoms with E-state index in [2.05, 4.69) is 19.9 Å². The Hall–Kier alpha value is -3.71. The van der Waals surface area contributed by atoms with E-state index < -0.39 is 0 Å². The Bertz CT molecular complexity index is 1410. The van der Waals surface area contributed by atoms with Crippen molar-refractivity contribution in [3.63, 3.8) is 0 Å². The fourth-order valence-electron chi connectivity index (χ4n) is 3.76. The lowest BCUT2D eigenvalue weighted by Gasteiger charge is -2.17. The van der Waals surface area contributed by atoms with Crippen LogP contribution in [0.5, 0.6) is 0 Å². The molecule has 1 N–H and O–H groups in total. The first-order valence-corrected chi connectivity index (χ1v) is 11.7. The largest absolute Gasteiger partial charge is 0.334 e. The van der Waals surface area contributed by atoms with E-state index in [9.17, 15) is 4.79 Å². The van der Waals surface area contributed by atoms with Gasteiger partial charge in [-0.25, -0.2) is 15.0 Å². The van der Waals surface area contributed by atoms with Gasteiger partial charge >= 0.3 is 0 Å². The maximum atomic E-state index is 12.9. The molecule has 2 heterocycles. The molecular formula is C26H23N5OS. The minimum absolute atomic E-state index is 0.0547. The number of carbonyl (C=O) groups is 1. The fraction of sp³-hybridized carbons (Fsp3) is 0.154. The number of H-pyrrole nitrogens is 1. The van der Waals surface area contributed by atoms with Crippen molar-refractivity contribution in [1.29, 1.82) is 0 Å². The molecule has 0 unspecified atom stereocenters. The number of aryl methyl sites for hydroxylation is 1. The monoisotopic (exact) mass is 453 g/mol. The molecule has 164 valence electrons. The Balaban J connectivity index is 1.23. The number of benzene rings is 3. The topological polar surface area (TPSA) is 74.8 Å². The molecule has 5 aromatic rings. The van der Waals surface area contributed by atoms with Crippen LogP contribution >= 0.6 is 11.8 Å². The highest BCUT2D eigenvalue weighted by Gasteiger charge is 2.14. The number of rotatable bonds is 6. The van der Waals surface area contributed by atoms with Crippen LogP contribution in [0.3, 0.4) is 0 Å². The Morgan fingerprint density at radius 1 is 0.909 bits per heavy atom. The normalized spacial score (nSPS) is 11.2. The first-order chi connectivity index (χ1) is 16.1. The number of hydrogen-bond donors (Lipinski definition) is 1. The standard InChI is InChI=1S/C26H23N5OS/c1-17-20-7-3-4-8-21(20)28-24(27-17)15-31(2)25(32)19-13-11-18(12-14-19)16-33-26-29-22-9-5-6-10-23(22)30-26/h3-14H,15-16H2,1-2H3,(H,29,30). The summed E-state index contributed by atoms with van der Waals surface area (Å²) in [5.41, 5.74) is 5.60. The van der Waals surface area contributed by atoms with E-state index in [-0.39, 0.29) is 5.91 Å². The van der Waals surface area contributed by atoms with Crippen LogP contribution in [0, 0.1) is 6.92 Å². The van der Waals surface area contributed by atoms with Gasteiger partial charge in [-0.2, -0.15) is 0 Å². The summed E-state index contributed by atoms with van der Waals surface area (Å²) in [5, 5.41) is 1.92. The molecule has 0 atom stereocenters. The zero-order valence-electron chi connectivity index (χ0n) is 18.4. The third-order valence-electron chi connectivity index (χ3n) is 5.51. The SMILES string of the molecule is Cc1nc(CN(C)C(=O)c2ccc(CSc3nc4ccccc4[nH]3)cc2)nc2ccccc12. The van der Waals surface area contributed by atoms with Crippen molar-refractivity contribution in [3.8, 4) is 0 Å². The van der Waals surface area contributed by atoms with E-state index in [4.69, 9.17) is 0 Å². The molecule has 0 fully saturated rings. The number of amides is 1. The van der Waals surface area contributed by atoms with Gasteiger partial charge in [0.05, 0.1) is 23.1 Å². The maximum Gasteiger partial charge on any atom is 0.254 e. The number of nitrogens with one attached hydrogen (secondary N) is 1. The summed E-state index contributed by atoms with van der Waals surface area (Å²) in [4.78, 5) is 31.7. The van der Waals surface area contributed by atoms with Gasteiger partial charge in [0.25, 0.3) is 5.91 Å². The number of thioether (sulfide) groups is 1. The van der Waals surface area contributed by atoms with Crippen molar-refractivity contribution in [1.82, 2.24) is 24.8 Å². The average Bonchev–Trinajstić information content (AvgIpc) is 3.26. The number of hydrogen-bond acceptors (Lipinski definition) is 5. The predicted octanol–water partition coefficient (Wildman–Crippen LogP) is 5.38. The van der Waals surface area contributed by atoms with Gasteiger partial charge in [-0.3, -0.25) is 4.79 Å². The first kappa shape index (κ1) is 21.2. The molecule has 0 aliphatic heterocycles. The zero-order chi connectivity index (χ0) is 22.8. The second kappa shape index (κ2) is 9.03. The van der Waals surface area contributed by atoms with Crippen LogP contribution in [-0.4, -0.2) is 37.8 Å². The van der Waals surface area contributed by atoms with Crippen LogP contribution in [0.25, 0.3) is 21.9 Å². The van der Waals surface area contributed by atoms with Gasteiger partial charge in [0, 0.05) is 29.4 Å². The van der Waals surface area contributed by atoms with Crippen LogP contribution in [0.15, 0.2) is 78.0 Å². The first-order valence-electron chi connectivity index (χ1n) is 10.7. The van der Waals surface area contributed by atoms with Crippen LogP contribution in [0.1, 0.15) is 27.4 Å². The number of nitrogens with zero attached hydrogens (tertiary/aromatic N) is 4. The van der Waals surface area contributed by atoms with Crippen molar-refractivity contribution < 1.29 is 4.79 Å². The summed E-state index contributed by atoms with van der Waals surface area (Å²) in [6.07, 6.45) is 0. The maximum absolute atomic E-state index is 12.9. The second-order valence-corrected chi connectivity index (χ2v) is 8.91. The van der Waals surface area contributed by atoms with Crippen molar-refractivity contribution in [3.05, 3.63) is 95.4 Å². The van der Waals surface area contributed by atoms with E-state index in [0.29, 0.717) is 17.9 Å². The van der Waals surface area contributed by atoms with Gasteiger partial charge < -0.3 is 9.88 Å². The van der Waals surface area contributed by atoms with Crippen LogP contribution in [-0.2, 0) is 12.3 Å². The van der Waals surface area contributed by atoms with Gasteiger partial charge in [-0.15, -0.1) is 0 Å². The van der Waals surface area contributed by atoms with Gasteiger partial charge in [-0.1, -0.05) is 54.2 Å². The summed E-state index contributed by atoms with van der Waals surface area (Å²) in [6.45, 7) is 2.32. The summed E-state index contributed by atoms with van der Waals surface area (Å²) in [7, 11) is 1.78. The van der Waals surface area contributed by atoms with Gasteiger partial charge in [0.15, 0.2) is 5.16 Å². The predicted molar refractivity (Wildman–Crippen MR) is 132 cm³/mol. The minimum atomic E-state index is -0.0547. The molecule has 0 saturated carbocycles. The van der Waals surface area contributed by atoms with Crippen molar-refractivity contribution >= 4 is 39.6 Å². The Labute approximate surface area is 196 Å². The van der Waals surface area contributed by atoms with Crippen molar-refractivity contribution in [2.45, 2.75) is 24.4 Å². The lowest BCUT2D eigenvalue weighted by molar-refractivity contribution is 0.0781. The van der Waals surface area contributed by atoms with Gasteiger partial charge in [0.2, 0.25) is 0 Å². The smallest absolute Gasteiger partial charge is 0.254 e. The summed E-state index contributed by atoms with van der Waals surface area (Å²) in [6, 6.07) is 23.7. The van der Waals surface area contributed by atoms with Crippen molar-refractivity contribution in [2.75, 3.05) is 7.05 Å². The molecule has 0 radical (unpaired) electrons. The number of aromatic nitrogens is 4. The highest BCUT2D eigenvalue weighted by molar-refractivity contribution is 7.98. The molecule has 5 rings (SSSR count). The number of carbonyl (C=O) groups excluding carboxylic acids is 1. The van der Waals surface area contributed by atoms with E-state index >= 15 is 0 Å². The lowest BCUT2D eigenvalue weighted by atomic mass is 10.1. The second-order valence-electron chi connectivity index (χ2n) is 7.95. The molecule has 1 amide bonds. The Morgan fingerprint density at radius 2 is 1.64 bits per heavy atom. The number of aromatic amines is 1. The van der Waals surface area contributed by atoms with E-state index in [1.54, 1.807) is 23.7 Å². The Morgan fingerprint density at radius 3 is 2.42 bits per heavy atom.